The molecule has 1 heterocycles. The molecule has 1 aromatic carbocycles. The van der Waals surface area contributed by atoms with Crippen LogP contribution in [-0.2, 0) is 6.18 Å². The molecule has 2 N–H and O–H groups in total. The van der Waals surface area contributed by atoms with Gasteiger partial charge >= 0.3 is 6.18 Å². The van der Waals surface area contributed by atoms with E-state index in [4.69, 9.17) is 0 Å². The zero-order chi connectivity index (χ0) is 27.1. The average molecular weight is 508 g/mol. The molecule has 0 spiro atoms. The van der Waals surface area contributed by atoms with E-state index in [-0.39, 0.29) is 5.92 Å². The molecular formula is C30H48F3N3. The van der Waals surface area contributed by atoms with Gasteiger partial charge in [-0.2, -0.15) is 13.2 Å². The highest BCUT2D eigenvalue weighted by molar-refractivity contribution is 5.68. The lowest BCUT2D eigenvalue weighted by molar-refractivity contribution is -0.137. The van der Waals surface area contributed by atoms with Crippen LogP contribution in [0, 0.1) is 23.7 Å². The lowest BCUT2D eigenvalue weighted by Gasteiger charge is -2.23. The highest BCUT2D eigenvalue weighted by Gasteiger charge is 2.34. The van der Waals surface area contributed by atoms with E-state index in [2.05, 4.69) is 48.5 Å². The van der Waals surface area contributed by atoms with Crippen LogP contribution in [0.1, 0.15) is 92.6 Å². The molecule has 3 nitrogen and oxygen atoms in total. The minimum Gasteiger partial charge on any atom is -0.388 e. The fourth-order valence-corrected chi connectivity index (χ4v) is 4.35. The zero-order valence-electron chi connectivity index (χ0n) is 23.4. The third kappa shape index (κ3) is 10.8. The molecule has 1 fully saturated rings. The first-order valence-electron chi connectivity index (χ1n) is 13.9. The molecule has 204 valence electrons. The summed E-state index contributed by atoms with van der Waals surface area (Å²) in [5, 5.41) is 6.80. The van der Waals surface area contributed by atoms with Crippen molar-refractivity contribution in [1.82, 2.24) is 5.32 Å². The molecule has 0 saturated heterocycles. The summed E-state index contributed by atoms with van der Waals surface area (Å²) in [6, 6.07) is 5.31. The number of allylic oxidation sites excluding steroid dienone is 3. The van der Waals surface area contributed by atoms with Gasteiger partial charge in [-0.25, -0.2) is 4.99 Å². The first-order valence-corrected chi connectivity index (χ1v) is 13.9. The summed E-state index contributed by atoms with van der Waals surface area (Å²) in [4.78, 5) is 4.68. The molecule has 36 heavy (non-hydrogen) atoms. The van der Waals surface area contributed by atoms with Gasteiger partial charge in [0, 0.05) is 30.1 Å². The number of nitrogens with one attached hydrogen (secondary N) is 2. The van der Waals surface area contributed by atoms with Crippen molar-refractivity contribution in [2.75, 3.05) is 11.9 Å². The Hall–Kier alpha value is -2.24. The van der Waals surface area contributed by atoms with E-state index in [9.17, 15) is 13.2 Å². The fourth-order valence-electron chi connectivity index (χ4n) is 4.35. The van der Waals surface area contributed by atoms with E-state index < -0.39 is 11.7 Å². The van der Waals surface area contributed by atoms with Gasteiger partial charge in [-0.15, -0.1) is 0 Å². The predicted molar refractivity (Wildman–Crippen MR) is 149 cm³/mol. The summed E-state index contributed by atoms with van der Waals surface area (Å²) in [5.41, 5.74) is 0.974. The maximum atomic E-state index is 13.1. The topological polar surface area (TPSA) is 36.4 Å². The van der Waals surface area contributed by atoms with Gasteiger partial charge in [0.25, 0.3) is 0 Å². The number of nitrogens with zero attached hydrogens (tertiary/aromatic N) is 1. The van der Waals surface area contributed by atoms with E-state index >= 15 is 0 Å². The molecule has 1 aliphatic heterocycles. The second-order valence-electron chi connectivity index (χ2n) is 9.22. The molecule has 3 rings (SSSR count). The molecule has 1 saturated carbocycles. The van der Waals surface area contributed by atoms with Gasteiger partial charge in [-0.05, 0) is 74.1 Å². The van der Waals surface area contributed by atoms with Crippen LogP contribution < -0.4 is 10.6 Å². The Balaban J connectivity index is 0.00000154. The number of hydrogen-bond donors (Lipinski definition) is 2. The standard InChI is InChI=1S/C26H36F3N3.2C2H6/c1-4-7-18(3)16-30-24(8-5-2)21-13-20(19-11-12-19)14-25(31-17-21)32-23-10-6-9-22(15-23)26(27,28)29;2*1-2/h6,8-10,14-15,17-21,30,32H,4-5,7,11-13,16H2,1-3H3;2*1-2H3/b24-8+;;. The highest BCUT2D eigenvalue weighted by Crippen LogP contribution is 2.42. The Morgan fingerprint density at radius 1 is 1.14 bits per heavy atom. The Bertz CT molecular complexity index is 838. The Kier molecular flexibility index (Phi) is 14.6. The van der Waals surface area contributed by atoms with E-state index in [1.807, 2.05) is 33.9 Å². The van der Waals surface area contributed by atoms with Crippen molar-refractivity contribution in [1.29, 1.82) is 0 Å². The van der Waals surface area contributed by atoms with Gasteiger partial charge < -0.3 is 10.6 Å². The smallest absolute Gasteiger partial charge is 0.388 e. The SMILES string of the molecule is CC.CC.CC/C=C(/NCC(C)CCC)C1C=NC(Nc2cccc(C(F)(F)F)c2)=CC(C2CC2)C1. The quantitative estimate of drug-likeness (QED) is 0.331. The van der Waals surface area contributed by atoms with Gasteiger partial charge in [-0.3, -0.25) is 0 Å². The Morgan fingerprint density at radius 3 is 2.42 bits per heavy atom. The molecule has 0 amide bonds. The van der Waals surface area contributed by atoms with Gasteiger partial charge in [0.1, 0.15) is 5.82 Å². The largest absolute Gasteiger partial charge is 0.416 e. The van der Waals surface area contributed by atoms with Crippen LogP contribution in [0.3, 0.4) is 0 Å². The monoisotopic (exact) mass is 507 g/mol. The van der Waals surface area contributed by atoms with Crippen molar-refractivity contribution in [3.05, 3.63) is 53.5 Å². The van der Waals surface area contributed by atoms with Crippen LogP contribution in [0.5, 0.6) is 0 Å². The maximum Gasteiger partial charge on any atom is 0.416 e. The van der Waals surface area contributed by atoms with Gasteiger partial charge in [-0.1, -0.05) is 67.0 Å². The van der Waals surface area contributed by atoms with Crippen LogP contribution in [0.4, 0.5) is 18.9 Å². The number of aliphatic imine (C=N–C) groups is 1. The minimum absolute atomic E-state index is 0.187. The molecule has 3 unspecified atom stereocenters. The number of anilines is 1. The van der Waals surface area contributed by atoms with Gasteiger partial charge in [0.05, 0.1) is 5.56 Å². The van der Waals surface area contributed by atoms with Crippen LogP contribution >= 0.6 is 0 Å². The van der Waals surface area contributed by atoms with Crippen molar-refractivity contribution in [2.24, 2.45) is 28.7 Å². The molecule has 1 aliphatic carbocycles. The fraction of sp³-hybridized carbons (Fsp3) is 0.633. The summed E-state index contributed by atoms with van der Waals surface area (Å²) in [5.74, 6) is 2.44. The molecule has 0 aromatic heterocycles. The summed E-state index contributed by atoms with van der Waals surface area (Å²) >= 11 is 0. The second kappa shape index (κ2) is 16.5. The van der Waals surface area contributed by atoms with Crippen molar-refractivity contribution in [2.45, 2.75) is 93.2 Å². The van der Waals surface area contributed by atoms with Crippen LogP contribution in [-0.4, -0.2) is 12.8 Å². The normalized spacial score (nSPS) is 20.6. The van der Waals surface area contributed by atoms with E-state index in [0.717, 1.165) is 31.5 Å². The first kappa shape index (κ1) is 31.8. The third-order valence-electron chi connectivity index (χ3n) is 6.24. The number of rotatable bonds is 10. The number of benzene rings is 1. The van der Waals surface area contributed by atoms with E-state index in [1.165, 1.54) is 37.4 Å². The number of hydrogen-bond acceptors (Lipinski definition) is 3. The zero-order valence-corrected chi connectivity index (χ0v) is 23.4. The summed E-state index contributed by atoms with van der Waals surface area (Å²) in [7, 11) is 0. The lowest BCUT2D eigenvalue weighted by Crippen LogP contribution is -2.27. The summed E-state index contributed by atoms with van der Waals surface area (Å²) in [6.45, 7) is 15.6. The molecule has 0 radical (unpaired) electrons. The number of alkyl halides is 3. The predicted octanol–water partition coefficient (Wildman–Crippen LogP) is 9.45. The lowest BCUT2D eigenvalue weighted by atomic mass is 9.89. The second-order valence-corrected chi connectivity index (χ2v) is 9.22. The first-order chi connectivity index (χ1) is 17.3. The summed E-state index contributed by atoms with van der Waals surface area (Å²) in [6.07, 6.45) is 8.70. The van der Waals surface area contributed by atoms with Crippen molar-refractivity contribution >= 4 is 11.9 Å². The van der Waals surface area contributed by atoms with Crippen LogP contribution in [0.2, 0.25) is 0 Å². The van der Waals surface area contributed by atoms with Gasteiger partial charge in [0.2, 0.25) is 0 Å². The summed E-state index contributed by atoms with van der Waals surface area (Å²) < 4.78 is 39.3. The molecule has 0 bridgehead atoms. The minimum atomic E-state index is -4.36. The van der Waals surface area contributed by atoms with Gasteiger partial charge in [0.15, 0.2) is 0 Å². The molecule has 6 heteroatoms. The Morgan fingerprint density at radius 2 is 1.83 bits per heavy atom. The highest BCUT2D eigenvalue weighted by atomic mass is 19.4. The maximum absolute atomic E-state index is 13.1. The number of halogens is 3. The van der Waals surface area contributed by atoms with Crippen LogP contribution in [0.15, 0.2) is 52.9 Å². The molecule has 1 aromatic rings. The third-order valence-corrected chi connectivity index (χ3v) is 6.24. The van der Waals surface area contributed by atoms with Crippen molar-refractivity contribution < 1.29 is 13.2 Å². The molecule has 3 atom stereocenters. The Labute approximate surface area is 217 Å². The van der Waals surface area contributed by atoms with E-state index in [0.29, 0.717) is 29.3 Å². The van der Waals surface area contributed by atoms with Crippen LogP contribution in [0.25, 0.3) is 0 Å². The van der Waals surface area contributed by atoms with Crippen molar-refractivity contribution in [3.8, 4) is 0 Å². The average Bonchev–Trinajstić information content (AvgIpc) is 3.72. The van der Waals surface area contributed by atoms with Crippen molar-refractivity contribution in [3.63, 3.8) is 0 Å². The van der Waals surface area contributed by atoms with E-state index in [1.54, 1.807) is 6.07 Å². The molecular weight excluding hydrogens is 459 g/mol. The molecule has 2 aliphatic rings.